The normalized spacial score (nSPS) is 43.9. The number of aliphatic hydroxyl groups is 2. The molecule has 8 atom stereocenters. The molecule has 0 aromatic carbocycles. The van der Waals surface area contributed by atoms with E-state index in [-0.39, 0.29) is 35.5 Å². The number of hydrogen-bond donors (Lipinski definition) is 3. The van der Waals surface area contributed by atoms with Gasteiger partial charge in [-0.1, -0.05) is 49.1 Å². The van der Waals surface area contributed by atoms with Gasteiger partial charge < -0.3 is 15.5 Å². The number of allylic oxidation sites excluding steroid dienone is 4. The molecule has 2 fully saturated rings. The number of aliphatic hydroxyl groups excluding tert-OH is 2. The molecular weight excluding hydrogens is 386 g/mol. The number of nitrogens with one attached hydrogen (secondary N) is 1. The highest BCUT2D eigenvalue weighted by Crippen LogP contribution is 2.59. The maximum absolute atomic E-state index is 13.9. The van der Waals surface area contributed by atoms with Crippen molar-refractivity contribution in [1.29, 1.82) is 0 Å². The van der Waals surface area contributed by atoms with E-state index in [0.29, 0.717) is 17.6 Å². The Labute approximate surface area is 186 Å². The average molecular weight is 426 g/mol. The van der Waals surface area contributed by atoms with Crippen LogP contribution in [-0.4, -0.2) is 40.8 Å². The Bertz CT molecular complexity index is 883. The molecule has 4 aliphatic carbocycles. The van der Waals surface area contributed by atoms with Gasteiger partial charge in [0, 0.05) is 22.9 Å². The van der Waals surface area contributed by atoms with Gasteiger partial charge in [0.05, 0.1) is 12.2 Å². The highest BCUT2D eigenvalue weighted by molar-refractivity contribution is 6.05. The van der Waals surface area contributed by atoms with E-state index in [0.717, 1.165) is 57.1 Å². The van der Waals surface area contributed by atoms with Gasteiger partial charge in [-0.15, -0.1) is 0 Å². The molecule has 1 saturated heterocycles. The minimum absolute atomic E-state index is 0.00715. The predicted molar refractivity (Wildman–Crippen MR) is 122 cm³/mol. The van der Waals surface area contributed by atoms with Gasteiger partial charge in [0.1, 0.15) is 0 Å². The van der Waals surface area contributed by atoms with Crippen LogP contribution in [0.3, 0.4) is 0 Å². The van der Waals surface area contributed by atoms with E-state index in [9.17, 15) is 15.0 Å². The fourth-order valence-electron chi connectivity index (χ4n) is 7.76. The Morgan fingerprint density at radius 1 is 1.26 bits per heavy atom. The highest BCUT2D eigenvalue weighted by atomic mass is 16.3. The van der Waals surface area contributed by atoms with E-state index in [2.05, 4.69) is 39.1 Å². The van der Waals surface area contributed by atoms with Crippen LogP contribution in [0.15, 0.2) is 33.9 Å². The Hall–Kier alpha value is -1.23. The molecule has 1 aliphatic heterocycles. The van der Waals surface area contributed by atoms with Crippen molar-refractivity contribution in [3.8, 4) is 0 Å². The van der Waals surface area contributed by atoms with Crippen LogP contribution in [0, 0.1) is 29.1 Å². The van der Waals surface area contributed by atoms with Gasteiger partial charge in [-0.2, -0.15) is 0 Å². The molecule has 0 amide bonds. The number of fused-ring (bicyclic) bond motifs is 4. The fraction of sp³-hybridized carbons (Fsp3) is 0.741. The molecule has 0 bridgehead atoms. The zero-order valence-corrected chi connectivity index (χ0v) is 19.6. The third-order valence-electron chi connectivity index (χ3n) is 9.51. The summed E-state index contributed by atoms with van der Waals surface area (Å²) >= 11 is 0. The zero-order chi connectivity index (χ0) is 22.1. The molecule has 4 heteroatoms. The standard InChI is InChI=1S/C27H39NO3/c1-14-11-22(30)25(28-13-14)16(3)19-7-8-20-21-6-5-17-12-18(29)9-10-27(17,4)24(21)26(31)23(20)15(19)2/h5,14,16,18,20,22-23,25,28-30H,6-13H2,1-4H3. The van der Waals surface area contributed by atoms with Gasteiger partial charge in [-0.25, -0.2) is 0 Å². The summed E-state index contributed by atoms with van der Waals surface area (Å²) in [7, 11) is 0. The Morgan fingerprint density at radius 3 is 2.77 bits per heavy atom. The Balaban J connectivity index is 1.44. The van der Waals surface area contributed by atoms with Gasteiger partial charge in [-0.3, -0.25) is 4.79 Å². The number of hydrogen-bond acceptors (Lipinski definition) is 4. The van der Waals surface area contributed by atoms with E-state index < -0.39 is 0 Å². The van der Waals surface area contributed by atoms with Crippen LogP contribution in [0.25, 0.3) is 0 Å². The van der Waals surface area contributed by atoms with Crippen molar-refractivity contribution < 1.29 is 15.0 Å². The second-order valence-corrected chi connectivity index (χ2v) is 11.4. The molecule has 5 aliphatic rings. The van der Waals surface area contributed by atoms with Crippen LogP contribution < -0.4 is 5.32 Å². The summed E-state index contributed by atoms with van der Waals surface area (Å²) in [6, 6.07) is 0.0856. The van der Waals surface area contributed by atoms with Crippen molar-refractivity contribution in [2.45, 2.75) is 90.9 Å². The molecule has 170 valence electrons. The summed E-state index contributed by atoms with van der Waals surface area (Å²) in [5.41, 5.74) is 6.29. The molecule has 1 saturated carbocycles. The van der Waals surface area contributed by atoms with Gasteiger partial charge in [-0.05, 0) is 76.2 Å². The minimum Gasteiger partial charge on any atom is -0.393 e. The van der Waals surface area contributed by atoms with E-state index in [1.165, 1.54) is 22.3 Å². The monoisotopic (exact) mass is 425 g/mol. The largest absolute Gasteiger partial charge is 0.393 e. The molecule has 1 heterocycles. The van der Waals surface area contributed by atoms with Gasteiger partial charge in [0.15, 0.2) is 5.78 Å². The lowest BCUT2D eigenvalue weighted by Crippen LogP contribution is -2.52. The first kappa shape index (κ1) is 21.6. The van der Waals surface area contributed by atoms with Crippen LogP contribution in [-0.2, 0) is 4.79 Å². The number of rotatable bonds is 2. The SMILES string of the molecule is CC1=C(C(C)C2NCC(C)CC2O)CCC2C3=C(C(=O)C12)C1(C)CCC(O)CC1=CC3. The molecule has 0 spiro atoms. The predicted octanol–water partition coefficient (Wildman–Crippen LogP) is 4.08. The van der Waals surface area contributed by atoms with E-state index in [1.54, 1.807) is 0 Å². The van der Waals surface area contributed by atoms with Crippen molar-refractivity contribution in [3.63, 3.8) is 0 Å². The summed E-state index contributed by atoms with van der Waals surface area (Å²) in [6.45, 7) is 9.83. The summed E-state index contributed by atoms with van der Waals surface area (Å²) < 4.78 is 0. The highest BCUT2D eigenvalue weighted by Gasteiger charge is 2.53. The van der Waals surface area contributed by atoms with E-state index in [4.69, 9.17) is 0 Å². The molecule has 8 unspecified atom stereocenters. The van der Waals surface area contributed by atoms with Crippen molar-refractivity contribution >= 4 is 5.78 Å². The zero-order valence-electron chi connectivity index (χ0n) is 19.6. The van der Waals surface area contributed by atoms with Crippen LogP contribution >= 0.6 is 0 Å². The van der Waals surface area contributed by atoms with Crippen molar-refractivity contribution in [2.24, 2.45) is 29.1 Å². The quantitative estimate of drug-likeness (QED) is 0.583. The van der Waals surface area contributed by atoms with Crippen LogP contribution in [0.2, 0.25) is 0 Å². The molecule has 0 radical (unpaired) electrons. The lowest BCUT2D eigenvalue weighted by Gasteiger charge is -2.42. The maximum Gasteiger partial charge on any atom is 0.167 e. The first-order chi connectivity index (χ1) is 14.7. The summed E-state index contributed by atoms with van der Waals surface area (Å²) in [4.78, 5) is 13.9. The minimum atomic E-state index is -0.318. The summed E-state index contributed by atoms with van der Waals surface area (Å²) in [6.07, 6.45) is 7.97. The third kappa shape index (κ3) is 3.24. The number of carbonyl (C=O) groups excluding carboxylic acids is 1. The second kappa shape index (κ2) is 7.67. The Kier molecular flexibility index (Phi) is 5.35. The number of ketones is 1. The number of piperidine rings is 1. The molecule has 5 rings (SSSR count). The smallest absolute Gasteiger partial charge is 0.167 e. The molecule has 31 heavy (non-hydrogen) atoms. The van der Waals surface area contributed by atoms with E-state index in [1.807, 2.05) is 0 Å². The van der Waals surface area contributed by atoms with Crippen molar-refractivity contribution in [3.05, 3.63) is 33.9 Å². The first-order valence-corrected chi connectivity index (χ1v) is 12.5. The molecule has 4 nitrogen and oxygen atoms in total. The molecule has 0 aromatic rings. The van der Waals surface area contributed by atoms with Gasteiger partial charge >= 0.3 is 0 Å². The van der Waals surface area contributed by atoms with Crippen LogP contribution in [0.4, 0.5) is 0 Å². The molecule has 0 aromatic heterocycles. The van der Waals surface area contributed by atoms with Crippen molar-refractivity contribution in [2.75, 3.05) is 6.54 Å². The first-order valence-electron chi connectivity index (χ1n) is 12.5. The maximum atomic E-state index is 13.9. The summed E-state index contributed by atoms with van der Waals surface area (Å²) in [5, 5.41) is 24.5. The fourth-order valence-corrected chi connectivity index (χ4v) is 7.76. The van der Waals surface area contributed by atoms with E-state index >= 15 is 0 Å². The van der Waals surface area contributed by atoms with Crippen LogP contribution in [0.5, 0.6) is 0 Å². The van der Waals surface area contributed by atoms with Crippen molar-refractivity contribution in [1.82, 2.24) is 5.32 Å². The topological polar surface area (TPSA) is 69.6 Å². The molecular formula is C27H39NO3. The number of carbonyl (C=O) groups is 1. The van der Waals surface area contributed by atoms with Gasteiger partial charge in [0.25, 0.3) is 0 Å². The van der Waals surface area contributed by atoms with Crippen LogP contribution in [0.1, 0.15) is 72.6 Å². The third-order valence-corrected chi connectivity index (χ3v) is 9.51. The average Bonchev–Trinajstić information content (AvgIpc) is 3.02. The molecule has 3 N–H and O–H groups in total. The lowest BCUT2D eigenvalue weighted by molar-refractivity contribution is -0.119. The number of Topliss-reactive ketones (excluding diaryl/α,β-unsaturated/α-hetero) is 1. The Morgan fingerprint density at radius 2 is 2.03 bits per heavy atom. The second-order valence-electron chi connectivity index (χ2n) is 11.4. The lowest BCUT2D eigenvalue weighted by atomic mass is 9.62. The summed E-state index contributed by atoms with van der Waals surface area (Å²) in [5.74, 6) is 1.46. The van der Waals surface area contributed by atoms with Gasteiger partial charge in [0.2, 0.25) is 0 Å².